The van der Waals surface area contributed by atoms with Gasteiger partial charge in [0.2, 0.25) is 11.8 Å². The second kappa shape index (κ2) is 8.90. The Bertz CT molecular complexity index is 1190. The Labute approximate surface area is 177 Å². The van der Waals surface area contributed by atoms with Crippen LogP contribution in [0.1, 0.15) is 30.5 Å². The van der Waals surface area contributed by atoms with Gasteiger partial charge in [-0.05, 0) is 37.6 Å². The van der Waals surface area contributed by atoms with Gasteiger partial charge in [0.1, 0.15) is 11.5 Å². The van der Waals surface area contributed by atoms with E-state index in [4.69, 9.17) is 4.42 Å². The third-order valence-electron chi connectivity index (χ3n) is 4.60. The number of hydrogen-bond acceptors (Lipinski definition) is 6. The smallest absolute Gasteiger partial charge is 0.265 e. The Morgan fingerprint density at radius 2 is 2.13 bits per heavy atom. The van der Waals surface area contributed by atoms with E-state index in [1.165, 1.54) is 12.1 Å². The zero-order valence-electron chi connectivity index (χ0n) is 17.2. The number of aromatic nitrogens is 6. The minimum atomic E-state index is -0.295. The highest BCUT2D eigenvalue weighted by Crippen LogP contribution is 2.20. The van der Waals surface area contributed by atoms with Crippen LogP contribution in [0.15, 0.2) is 47.1 Å². The molecule has 3 aromatic heterocycles. The summed E-state index contributed by atoms with van der Waals surface area (Å²) in [5, 5.41) is 19.5. The van der Waals surface area contributed by atoms with E-state index in [1.807, 2.05) is 26.0 Å². The Balaban J connectivity index is 1.31. The monoisotopic (exact) mass is 423 g/mol. The molecule has 0 saturated heterocycles. The normalized spacial score (nSPS) is 11.1. The first-order valence-electron chi connectivity index (χ1n) is 9.94. The summed E-state index contributed by atoms with van der Waals surface area (Å²) in [7, 11) is 0. The molecule has 0 bridgehead atoms. The third kappa shape index (κ3) is 5.03. The summed E-state index contributed by atoms with van der Waals surface area (Å²) < 4.78 is 22.4. The average molecular weight is 423 g/mol. The highest BCUT2D eigenvalue weighted by molar-refractivity contribution is 5.90. The lowest BCUT2D eigenvalue weighted by Gasteiger charge is -2.02. The fourth-order valence-corrected chi connectivity index (χ4v) is 3.20. The van der Waals surface area contributed by atoms with Crippen molar-refractivity contribution in [1.82, 2.24) is 29.8 Å². The Morgan fingerprint density at radius 3 is 2.94 bits per heavy atom. The molecule has 1 amide bonds. The molecule has 1 aromatic carbocycles. The molecular weight excluding hydrogens is 401 g/mol. The molecular formula is C21H22FN7O2. The van der Waals surface area contributed by atoms with Crippen LogP contribution in [0, 0.1) is 12.7 Å². The van der Waals surface area contributed by atoms with Crippen molar-refractivity contribution in [3.8, 4) is 11.6 Å². The topological polar surface area (TPSA) is 104 Å². The number of aryl methyl sites for hydroxylation is 3. The molecule has 9 nitrogen and oxygen atoms in total. The summed E-state index contributed by atoms with van der Waals surface area (Å²) in [5.74, 6) is 0.279. The summed E-state index contributed by atoms with van der Waals surface area (Å²) in [6.07, 6.45) is 3.75. The number of hydrogen-bond donors (Lipinski definition) is 1. The van der Waals surface area contributed by atoms with E-state index in [0.717, 1.165) is 17.0 Å². The molecule has 0 aliphatic carbocycles. The van der Waals surface area contributed by atoms with Gasteiger partial charge in [-0.1, -0.05) is 12.1 Å². The van der Waals surface area contributed by atoms with Gasteiger partial charge < -0.3 is 9.73 Å². The van der Waals surface area contributed by atoms with Gasteiger partial charge >= 0.3 is 0 Å². The van der Waals surface area contributed by atoms with Crippen LogP contribution in [-0.4, -0.2) is 35.7 Å². The van der Waals surface area contributed by atoms with E-state index in [9.17, 15) is 9.18 Å². The van der Waals surface area contributed by atoms with Gasteiger partial charge in [0, 0.05) is 25.6 Å². The highest BCUT2D eigenvalue weighted by atomic mass is 19.1. The quantitative estimate of drug-likeness (QED) is 0.467. The molecule has 0 aliphatic rings. The minimum absolute atomic E-state index is 0.183. The molecule has 3 heterocycles. The standard InChI is InChI=1S/C21H22FN7O2/c1-3-29-18(9-14(2)27-29)21-26-25-20(31-21)8-7-19(30)24-17-11-23-28(13-17)12-15-5-4-6-16(22)10-15/h4-6,9-11,13H,3,7-8,12H2,1-2H3,(H,24,30). The Hall–Kier alpha value is -3.82. The number of anilines is 1. The molecule has 0 atom stereocenters. The lowest BCUT2D eigenvalue weighted by atomic mass is 10.2. The van der Waals surface area contributed by atoms with Crippen molar-refractivity contribution >= 4 is 11.6 Å². The van der Waals surface area contributed by atoms with Gasteiger partial charge in [-0.3, -0.25) is 14.2 Å². The zero-order valence-corrected chi connectivity index (χ0v) is 17.2. The van der Waals surface area contributed by atoms with Crippen LogP contribution < -0.4 is 5.32 Å². The fraction of sp³-hybridized carbons (Fsp3) is 0.286. The van der Waals surface area contributed by atoms with E-state index in [-0.39, 0.29) is 18.1 Å². The minimum Gasteiger partial charge on any atom is -0.419 e. The first-order chi connectivity index (χ1) is 15.0. The molecule has 1 N–H and O–H groups in total. The predicted octanol–water partition coefficient (Wildman–Crippen LogP) is 3.22. The number of carbonyl (C=O) groups excluding carboxylic acids is 1. The van der Waals surface area contributed by atoms with Crippen molar-refractivity contribution in [3.63, 3.8) is 0 Å². The third-order valence-corrected chi connectivity index (χ3v) is 4.60. The van der Waals surface area contributed by atoms with Gasteiger partial charge in [-0.15, -0.1) is 10.2 Å². The van der Waals surface area contributed by atoms with E-state index >= 15 is 0 Å². The summed E-state index contributed by atoms with van der Waals surface area (Å²) in [5.41, 5.74) is 2.98. The molecule has 4 rings (SSSR count). The van der Waals surface area contributed by atoms with Crippen molar-refractivity contribution in [3.05, 3.63) is 65.7 Å². The van der Waals surface area contributed by atoms with Gasteiger partial charge in [0.15, 0.2) is 0 Å². The van der Waals surface area contributed by atoms with Crippen LogP contribution in [0.5, 0.6) is 0 Å². The Morgan fingerprint density at radius 1 is 1.26 bits per heavy atom. The van der Waals surface area contributed by atoms with Crippen LogP contribution in [0.25, 0.3) is 11.6 Å². The number of benzene rings is 1. The van der Waals surface area contributed by atoms with Crippen LogP contribution in [0.4, 0.5) is 10.1 Å². The molecule has 0 spiro atoms. The van der Waals surface area contributed by atoms with E-state index in [2.05, 4.69) is 25.7 Å². The van der Waals surface area contributed by atoms with Crippen LogP contribution in [-0.2, 0) is 24.3 Å². The summed E-state index contributed by atoms with van der Waals surface area (Å²) >= 11 is 0. The van der Waals surface area contributed by atoms with E-state index in [0.29, 0.717) is 37.0 Å². The van der Waals surface area contributed by atoms with Gasteiger partial charge in [0.25, 0.3) is 5.89 Å². The number of halogens is 1. The number of amides is 1. The maximum absolute atomic E-state index is 13.3. The maximum Gasteiger partial charge on any atom is 0.265 e. The van der Waals surface area contributed by atoms with Gasteiger partial charge in [-0.2, -0.15) is 10.2 Å². The fourth-order valence-electron chi connectivity index (χ4n) is 3.20. The molecule has 0 radical (unpaired) electrons. The first kappa shape index (κ1) is 20.5. The van der Waals surface area contributed by atoms with Crippen molar-refractivity contribution in [2.45, 2.75) is 39.8 Å². The van der Waals surface area contributed by atoms with Gasteiger partial charge in [0.05, 0.1) is 24.1 Å². The SMILES string of the molecule is CCn1nc(C)cc1-c1nnc(CCC(=O)Nc2cnn(Cc3cccc(F)c3)c2)o1. The van der Waals surface area contributed by atoms with Crippen molar-refractivity contribution in [2.24, 2.45) is 0 Å². The zero-order chi connectivity index (χ0) is 21.8. The number of nitrogens with one attached hydrogen (secondary N) is 1. The highest BCUT2D eigenvalue weighted by Gasteiger charge is 2.15. The lowest BCUT2D eigenvalue weighted by Crippen LogP contribution is -2.12. The molecule has 0 aliphatic heterocycles. The number of nitrogens with zero attached hydrogens (tertiary/aromatic N) is 6. The lowest BCUT2D eigenvalue weighted by molar-refractivity contribution is -0.116. The number of rotatable bonds is 8. The summed E-state index contributed by atoms with van der Waals surface area (Å²) in [6, 6.07) is 8.19. The maximum atomic E-state index is 13.3. The van der Waals surface area contributed by atoms with Crippen molar-refractivity contribution in [2.75, 3.05) is 5.32 Å². The van der Waals surface area contributed by atoms with Crippen LogP contribution >= 0.6 is 0 Å². The summed E-state index contributed by atoms with van der Waals surface area (Å²) in [4.78, 5) is 12.3. The van der Waals surface area contributed by atoms with Crippen LogP contribution in [0.2, 0.25) is 0 Å². The summed E-state index contributed by atoms with van der Waals surface area (Å²) in [6.45, 7) is 4.98. The predicted molar refractivity (Wildman–Crippen MR) is 111 cm³/mol. The second-order valence-corrected chi connectivity index (χ2v) is 7.09. The first-order valence-corrected chi connectivity index (χ1v) is 9.94. The number of carbonyl (C=O) groups is 1. The average Bonchev–Trinajstić information content (AvgIpc) is 3.46. The van der Waals surface area contributed by atoms with Crippen LogP contribution in [0.3, 0.4) is 0 Å². The second-order valence-electron chi connectivity index (χ2n) is 7.09. The molecule has 0 saturated carbocycles. The molecule has 160 valence electrons. The largest absolute Gasteiger partial charge is 0.419 e. The van der Waals surface area contributed by atoms with Crippen molar-refractivity contribution < 1.29 is 13.6 Å². The molecule has 10 heteroatoms. The molecule has 4 aromatic rings. The van der Waals surface area contributed by atoms with Gasteiger partial charge in [-0.25, -0.2) is 4.39 Å². The van der Waals surface area contributed by atoms with E-state index < -0.39 is 0 Å². The molecule has 0 unspecified atom stereocenters. The molecule has 0 fully saturated rings. The Kier molecular flexibility index (Phi) is 5.87. The van der Waals surface area contributed by atoms with E-state index in [1.54, 1.807) is 27.8 Å². The molecule has 31 heavy (non-hydrogen) atoms. The van der Waals surface area contributed by atoms with Crippen molar-refractivity contribution in [1.29, 1.82) is 0 Å².